The second kappa shape index (κ2) is 6.17. The lowest BCUT2D eigenvalue weighted by Gasteiger charge is -2.22. The first kappa shape index (κ1) is 14.7. The second-order valence-corrected chi connectivity index (χ2v) is 5.41. The SMILES string of the molecule is COCCN(C(=O)c1nc(C(C)C)ncc1N)C1CC1. The van der Waals surface area contributed by atoms with Gasteiger partial charge in [0.1, 0.15) is 5.82 Å². The highest BCUT2D eigenvalue weighted by atomic mass is 16.5. The predicted octanol–water partition coefficient (Wildman–Crippen LogP) is 1.43. The summed E-state index contributed by atoms with van der Waals surface area (Å²) in [6.45, 7) is 5.07. The number of nitrogens with zero attached hydrogens (tertiary/aromatic N) is 3. The summed E-state index contributed by atoms with van der Waals surface area (Å²) in [5.74, 6) is 0.687. The minimum absolute atomic E-state index is 0.119. The van der Waals surface area contributed by atoms with Gasteiger partial charge in [-0.15, -0.1) is 0 Å². The van der Waals surface area contributed by atoms with Gasteiger partial charge in [0.25, 0.3) is 5.91 Å². The normalized spacial score (nSPS) is 14.6. The zero-order chi connectivity index (χ0) is 14.7. The minimum Gasteiger partial charge on any atom is -0.396 e. The van der Waals surface area contributed by atoms with Crippen molar-refractivity contribution < 1.29 is 9.53 Å². The quantitative estimate of drug-likeness (QED) is 0.851. The van der Waals surface area contributed by atoms with Crippen LogP contribution in [0.5, 0.6) is 0 Å². The molecule has 6 heteroatoms. The molecule has 0 aromatic carbocycles. The summed E-state index contributed by atoms with van der Waals surface area (Å²) >= 11 is 0. The average Bonchev–Trinajstić information content (AvgIpc) is 3.23. The lowest BCUT2D eigenvalue weighted by atomic mass is 10.2. The van der Waals surface area contributed by atoms with Crippen LogP contribution in [0, 0.1) is 0 Å². The Morgan fingerprint density at radius 2 is 2.25 bits per heavy atom. The molecule has 0 saturated heterocycles. The smallest absolute Gasteiger partial charge is 0.275 e. The van der Waals surface area contributed by atoms with Crippen molar-refractivity contribution >= 4 is 11.6 Å². The van der Waals surface area contributed by atoms with Gasteiger partial charge in [0, 0.05) is 25.6 Å². The van der Waals surface area contributed by atoms with E-state index in [9.17, 15) is 4.79 Å². The van der Waals surface area contributed by atoms with Gasteiger partial charge in [-0.2, -0.15) is 0 Å². The molecule has 2 N–H and O–H groups in total. The van der Waals surface area contributed by atoms with Gasteiger partial charge in [0.05, 0.1) is 18.5 Å². The fourth-order valence-electron chi connectivity index (χ4n) is 2.02. The number of carbonyl (C=O) groups is 1. The highest BCUT2D eigenvalue weighted by Gasteiger charge is 2.34. The maximum absolute atomic E-state index is 12.6. The molecule has 1 saturated carbocycles. The Morgan fingerprint density at radius 3 is 2.80 bits per heavy atom. The molecule has 0 spiro atoms. The van der Waals surface area contributed by atoms with Crippen molar-refractivity contribution in [2.45, 2.75) is 38.6 Å². The summed E-state index contributed by atoms with van der Waals surface area (Å²) in [5.41, 5.74) is 6.52. The van der Waals surface area contributed by atoms with Crippen LogP contribution < -0.4 is 5.73 Å². The van der Waals surface area contributed by atoms with Gasteiger partial charge in [-0.3, -0.25) is 4.79 Å². The highest BCUT2D eigenvalue weighted by molar-refractivity contribution is 5.97. The van der Waals surface area contributed by atoms with Crippen molar-refractivity contribution in [2.24, 2.45) is 0 Å². The molecule has 1 aliphatic rings. The molecule has 1 heterocycles. The fourth-order valence-corrected chi connectivity index (χ4v) is 2.02. The maximum Gasteiger partial charge on any atom is 0.275 e. The number of anilines is 1. The van der Waals surface area contributed by atoms with E-state index in [1.165, 1.54) is 6.20 Å². The van der Waals surface area contributed by atoms with Gasteiger partial charge < -0.3 is 15.4 Å². The standard InChI is InChI=1S/C14H22N4O2/c1-9(2)13-16-8-11(15)12(17-13)14(19)18(6-7-20-3)10-4-5-10/h8-10H,4-7,15H2,1-3H3. The maximum atomic E-state index is 12.6. The summed E-state index contributed by atoms with van der Waals surface area (Å²) < 4.78 is 5.07. The number of aromatic nitrogens is 2. The molecule has 1 fully saturated rings. The zero-order valence-electron chi connectivity index (χ0n) is 12.3. The van der Waals surface area contributed by atoms with E-state index in [2.05, 4.69) is 9.97 Å². The van der Waals surface area contributed by atoms with E-state index in [-0.39, 0.29) is 11.8 Å². The molecule has 1 amide bonds. The summed E-state index contributed by atoms with van der Waals surface area (Å²) in [7, 11) is 1.63. The first-order valence-corrected chi connectivity index (χ1v) is 6.97. The van der Waals surface area contributed by atoms with Crippen LogP contribution in [0.2, 0.25) is 0 Å². The van der Waals surface area contributed by atoms with Crippen molar-refractivity contribution in [2.75, 3.05) is 26.0 Å². The molecule has 110 valence electrons. The van der Waals surface area contributed by atoms with E-state index in [1.54, 1.807) is 7.11 Å². The number of methoxy groups -OCH3 is 1. The van der Waals surface area contributed by atoms with E-state index in [0.717, 1.165) is 12.8 Å². The number of rotatable bonds is 6. The molecule has 1 aliphatic carbocycles. The third kappa shape index (κ3) is 3.25. The van der Waals surface area contributed by atoms with E-state index >= 15 is 0 Å². The summed E-state index contributed by atoms with van der Waals surface area (Å²) in [6.07, 6.45) is 3.60. The van der Waals surface area contributed by atoms with Gasteiger partial charge >= 0.3 is 0 Å². The fraction of sp³-hybridized carbons (Fsp3) is 0.643. The first-order valence-electron chi connectivity index (χ1n) is 6.97. The van der Waals surface area contributed by atoms with E-state index in [4.69, 9.17) is 10.5 Å². The molecule has 0 aliphatic heterocycles. The largest absolute Gasteiger partial charge is 0.396 e. The number of hydrogen-bond acceptors (Lipinski definition) is 5. The van der Waals surface area contributed by atoms with E-state index < -0.39 is 0 Å². The molecular weight excluding hydrogens is 256 g/mol. The number of nitrogen functional groups attached to an aromatic ring is 1. The lowest BCUT2D eigenvalue weighted by Crippen LogP contribution is -2.37. The number of nitrogens with two attached hydrogens (primary N) is 1. The minimum atomic E-state index is -0.119. The van der Waals surface area contributed by atoms with Crippen LogP contribution >= 0.6 is 0 Å². The van der Waals surface area contributed by atoms with Crippen LogP contribution in [-0.2, 0) is 4.74 Å². The molecule has 0 unspecified atom stereocenters. The Balaban J connectivity index is 2.23. The second-order valence-electron chi connectivity index (χ2n) is 5.41. The van der Waals surface area contributed by atoms with Crippen LogP contribution in [-0.4, -0.2) is 47.1 Å². The van der Waals surface area contributed by atoms with E-state index in [1.807, 2.05) is 18.7 Å². The third-order valence-electron chi connectivity index (χ3n) is 3.34. The molecular formula is C14H22N4O2. The molecule has 20 heavy (non-hydrogen) atoms. The van der Waals surface area contributed by atoms with Crippen molar-refractivity contribution in [3.05, 3.63) is 17.7 Å². The van der Waals surface area contributed by atoms with Crippen molar-refractivity contribution in [3.63, 3.8) is 0 Å². The number of ether oxygens (including phenoxy) is 1. The highest BCUT2D eigenvalue weighted by Crippen LogP contribution is 2.28. The summed E-state index contributed by atoms with van der Waals surface area (Å²) in [4.78, 5) is 23.0. The Labute approximate surface area is 119 Å². The summed E-state index contributed by atoms with van der Waals surface area (Å²) in [6, 6.07) is 0.300. The van der Waals surface area contributed by atoms with Crippen molar-refractivity contribution in [1.82, 2.24) is 14.9 Å². The first-order chi connectivity index (χ1) is 9.54. The Bertz CT molecular complexity index is 486. The Hall–Kier alpha value is -1.69. The number of carbonyl (C=O) groups excluding carboxylic acids is 1. The van der Waals surface area contributed by atoms with Crippen LogP contribution in [0.15, 0.2) is 6.20 Å². The Kier molecular flexibility index (Phi) is 4.54. The number of amides is 1. The molecule has 0 bridgehead atoms. The summed E-state index contributed by atoms with van der Waals surface area (Å²) in [5, 5.41) is 0. The van der Waals surface area contributed by atoms with Gasteiger partial charge in [-0.1, -0.05) is 13.8 Å². The number of hydrogen-bond donors (Lipinski definition) is 1. The zero-order valence-corrected chi connectivity index (χ0v) is 12.3. The van der Waals surface area contributed by atoms with Gasteiger partial charge in [-0.25, -0.2) is 9.97 Å². The monoisotopic (exact) mass is 278 g/mol. The topological polar surface area (TPSA) is 81.3 Å². The van der Waals surface area contributed by atoms with Crippen molar-refractivity contribution in [3.8, 4) is 0 Å². The van der Waals surface area contributed by atoms with Crippen LogP contribution in [0.1, 0.15) is 48.9 Å². The van der Waals surface area contributed by atoms with Crippen LogP contribution in [0.25, 0.3) is 0 Å². The van der Waals surface area contributed by atoms with Crippen molar-refractivity contribution in [1.29, 1.82) is 0 Å². The molecule has 1 aromatic heterocycles. The third-order valence-corrected chi connectivity index (χ3v) is 3.34. The van der Waals surface area contributed by atoms with Gasteiger partial charge in [0.15, 0.2) is 5.69 Å². The molecule has 1 aromatic rings. The van der Waals surface area contributed by atoms with Crippen LogP contribution in [0.4, 0.5) is 5.69 Å². The molecule has 2 rings (SSSR count). The Morgan fingerprint density at radius 1 is 1.55 bits per heavy atom. The molecule has 0 atom stereocenters. The molecule has 0 radical (unpaired) electrons. The van der Waals surface area contributed by atoms with Gasteiger partial charge in [-0.05, 0) is 12.8 Å². The lowest BCUT2D eigenvalue weighted by molar-refractivity contribution is 0.0675. The van der Waals surface area contributed by atoms with Crippen LogP contribution in [0.3, 0.4) is 0 Å². The molecule has 6 nitrogen and oxygen atoms in total. The average molecular weight is 278 g/mol. The van der Waals surface area contributed by atoms with E-state index in [0.29, 0.717) is 36.4 Å². The van der Waals surface area contributed by atoms with Gasteiger partial charge in [0.2, 0.25) is 0 Å². The predicted molar refractivity (Wildman–Crippen MR) is 76.5 cm³/mol.